The number of rotatable bonds is 2. The van der Waals surface area contributed by atoms with E-state index in [1.54, 1.807) is 0 Å². The zero-order chi connectivity index (χ0) is 6.62. The van der Waals surface area contributed by atoms with Gasteiger partial charge >= 0.3 is 6.64 Å². The van der Waals surface area contributed by atoms with Crippen LogP contribution < -0.4 is 0 Å². The second-order valence-electron chi connectivity index (χ2n) is 0.934. The Hall–Kier alpha value is 0.0600. The molecule has 0 radical (unpaired) electrons. The summed E-state index contributed by atoms with van der Waals surface area (Å²) >= 11 is 4.62. The van der Waals surface area contributed by atoms with Crippen LogP contribution in [-0.2, 0) is 20.9 Å². The molecule has 0 aliphatic carbocycles. The van der Waals surface area contributed by atoms with Gasteiger partial charge in [-0.3, -0.25) is 9.05 Å². The van der Waals surface area contributed by atoms with E-state index in [4.69, 9.17) is 6.57 Å². The highest BCUT2D eigenvalue weighted by molar-refractivity contribution is 8.10. The lowest BCUT2D eigenvalue weighted by Crippen LogP contribution is -1.79. The van der Waals surface area contributed by atoms with E-state index in [1.165, 1.54) is 14.2 Å². The molecular weight excluding hydrogens is 145 g/mol. The van der Waals surface area contributed by atoms with Crippen LogP contribution in [0.2, 0.25) is 0 Å². The molecule has 0 saturated carbocycles. The summed E-state index contributed by atoms with van der Waals surface area (Å²) < 4.78 is 12.2. The molecule has 0 fully saturated rings. The normalized spacial score (nSPS) is 10.6. The molecule has 46 valence electrons. The molecule has 0 aliphatic rings. The fourth-order valence-electron chi connectivity index (χ4n) is 0.156. The summed E-state index contributed by atoms with van der Waals surface area (Å²) in [6.45, 7) is 3.94. The Morgan fingerprint density at radius 3 is 1.88 bits per heavy atom. The van der Waals surface area contributed by atoms with Crippen LogP contribution in [0.5, 0.6) is 0 Å². The summed E-state index contributed by atoms with van der Waals surface area (Å²) in [4.78, 5) is 0. The third-order valence-corrected chi connectivity index (χ3v) is 2.89. The maximum absolute atomic E-state index is 6.48. The Morgan fingerprint density at radius 2 is 1.88 bits per heavy atom. The van der Waals surface area contributed by atoms with Crippen molar-refractivity contribution in [1.29, 1.82) is 0 Å². The van der Waals surface area contributed by atoms with E-state index in [1.807, 2.05) is 0 Å². The zero-order valence-corrected chi connectivity index (χ0v) is 6.33. The van der Waals surface area contributed by atoms with Crippen molar-refractivity contribution < 1.29 is 9.05 Å². The van der Waals surface area contributed by atoms with Gasteiger partial charge in [-0.25, -0.2) is 11.2 Å². The highest BCUT2D eigenvalue weighted by Gasteiger charge is 2.20. The highest BCUT2D eigenvalue weighted by Crippen LogP contribution is 2.48. The molecule has 0 heterocycles. The van der Waals surface area contributed by atoms with Gasteiger partial charge in [0.1, 0.15) is 0 Å². The molecule has 8 heavy (non-hydrogen) atoms. The molecule has 0 N–H and O–H groups in total. The van der Waals surface area contributed by atoms with Crippen molar-refractivity contribution in [2.24, 2.45) is 0 Å². The van der Waals surface area contributed by atoms with Gasteiger partial charge in [0.2, 0.25) is 0 Å². The summed E-state index contributed by atoms with van der Waals surface area (Å²) in [5.41, 5.74) is 0. The third kappa shape index (κ3) is 1.89. The van der Waals surface area contributed by atoms with E-state index in [-0.39, 0.29) is 0 Å². The molecule has 3 nitrogen and oxygen atoms in total. The average molecular weight is 151 g/mol. The van der Waals surface area contributed by atoms with Crippen molar-refractivity contribution in [3.63, 3.8) is 0 Å². The van der Waals surface area contributed by atoms with Crippen molar-refractivity contribution >= 4 is 18.4 Å². The zero-order valence-electron chi connectivity index (χ0n) is 4.62. The van der Waals surface area contributed by atoms with Gasteiger partial charge in [0.05, 0.1) is 11.8 Å². The lowest BCUT2D eigenvalue weighted by molar-refractivity contribution is 0.346. The van der Waals surface area contributed by atoms with Crippen LogP contribution in [0.25, 0.3) is 4.62 Å². The summed E-state index contributed by atoms with van der Waals surface area (Å²) in [7, 11) is 2.75. The molecule has 0 aromatic heterocycles. The van der Waals surface area contributed by atoms with Gasteiger partial charge in [-0.1, -0.05) is 0 Å². The minimum absolute atomic E-state index is 1.38. The van der Waals surface area contributed by atoms with Crippen LogP contribution in [0, 0.1) is 6.57 Å². The Labute approximate surface area is 53.6 Å². The highest BCUT2D eigenvalue weighted by atomic mass is 32.5. The molecule has 0 unspecified atom stereocenters. The first-order valence-corrected chi connectivity index (χ1v) is 4.38. The van der Waals surface area contributed by atoms with Gasteiger partial charge in [-0.2, -0.15) is 0 Å². The molecule has 0 aromatic rings. The maximum atomic E-state index is 6.48. The molecule has 0 aliphatic heterocycles. The molecule has 5 heteroatoms. The second-order valence-corrected chi connectivity index (χ2v) is 4.19. The standard InChI is InChI=1S/C3H6NO2PS/c1-4-7(8,5-2)6-3/h2-3H3. The van der Waals surface area contributed by atoms with Crippen LogP contribution in [0.15, 0.2) is 0 Å². The van der Waals surface area contributed by atoms with Crippen LogP contribution >= 0.6 is 6.64 Å². The lowest BCUT2D eigenvalue weighted by Gasteiger charge is -1.98. The van der Waals surface area contributed by atoms with E-state index in [9.17, 15) is 0 Å². The van der Waals surface area contributed by atoms with Crippen molar-refractivity contribution in [3.8, 4) is 0 Å². The summed E-state index contributed by atoms with van der Waals surface area (Å²) in [6, 6.07) is 0. The topological polar surface area (TPSA) is 22.8 Å². The predicted molar refractivity (Wildman–Crippen MR) is 34.9 cm³/mol. The molecule has 0 aromatic carbocycles. The van der Waals surface area contributed by atoms with Gasteiger partial charge in [0, 0.05) is 14.2 Å². The summed E-state index contributed by atoms with van der Waals surface area (Å²) in [5.74, 6) is 0. The van der Waals surface area contributed by atoms with E-state index in [2.05, 4.69) is 25.5 Å². The Bertz CT molecular complexity index is 144. The Kier molecular flexibility index (Phi) is 3.18. The van der Waals surface area contributed by atoms with E-state index in [0.717, 1.165) is 0 Å². The fourth-order valence-corrected chi connectivity index (χ4v) is 0.469. The lowest BCUT2D eigenvalue weighted by atomic mass is 11.8. The average Bonchev–Trinajstić information content (AvgIpc) is 1.87. The maximum Gasteiger partial charge on any atom is 0.540 e. The quantitative estimate of drug-likeness (QED) is 0.440. The van der Waals surface area contributed by atoms with E-state index >= 15 is 0 Å². The predicted octanol–water partition coefficient (Wildman–Crippen LogP) is 1.42. The van der Waals surface area contributed by atoms with Crippen molar-refractivity contribution in [2.45, 2.75) is 0 Å². The number of nitrogens with zero attached hydrogens (tertiary/aromatic N) is 1. The van der Waals surface area contributed by atoms with Gasteiger partial charge in [0.15, 0.2) is 0 Å². The number of hydrogen-bond donors (Lipinski definition) is 0. The van der Waals surface area contributed by atoms with Crippen LogP contribution in [0.1, 0.15) is 0 Å². The van der Waals surface area contributed by atoms with Crippen molar-refractivity contribution in [1.82, 2.24) is 0 Å². The third-order valence-electron chi connectivity index (χ3n) is 0.584. The molecule has 0 saturated heterocycles. The molecule has 0 spiro atoms. The summed E-state index contributed by atoms with van der Waals surface area (Å²) in [6.07, 6.45) is 0. The first kappa shape index (κ1) is 8.06. The monoisotopic (exact) mass is 151 g/mol. The molecule has 0 amide bonds. The minimum atomic E-state index is -2.54. The van der Waals surface area contributed by atoms with Crippen LogP contribution in [0.3, 0.4) is 0 Å². The fraction of sp³-hybridized carbons (Fsp3) is 0.667. The van der Waals surface area contributed by atoms with E-state index < -0.39 is 6.64 Å². The molecule has 0 atom stereocenters. The van der Waals surface area contributed by atoms with Gasteiger partial charge in [-0.05, 0) is 0 Å². The smallest absolute Gasteiger partial charge is 0.271 e. The molecular formula is C3H6NO2PS. The van der Waals surface area contributed by atoms with Crippen LogP contribution in [0.4, 0.5) is 0 Å². The van der Waals surface area contributed by atoms with Gasteiger partial charge in [0.25, 0.3) is 0 Å². The summed E-state index contributed by atoms with van der Waals surface area (Å²) in [5, 5.41) is 0. The van der Waals surface area contributed by atoms with Gasteiger partial charge < -0.3 is 0 Å². The Morgan fingerprint density at radius 1 is 1.50 bits per heavy atom. The molecule has 0 rings (SSSR count). The molecule has 0 bridgehead atoms. The van der Waals surface area contributed by atoms with Crippen molar-refractivity contribution in [3.05, 3.63) is 11.2 Å². The Balaban J connectivity index is 4.06. The first-order chi connectivity index (χ1) is 3.68. The van der Waals surface area contributed by atoms with Gasteiger partial charge in [-0.15, -0.1) is 0 Å². The SMILES string of the molecule is [C-]#[N+]P(=S)(OC)OC. The number of hydrogen-bond acceptors (Lipinski definition) is 3. The minimum Gasteiger partial charge on any atom is -0.271 e. The van der Waals surface area contributed by atoms with Crippen LogP contribution in [-0.4, -0.2) is 14.2 Å². The largest absolute Gasteiger partial charge is 0.540 e. The first-order valence-electron chi connectivity index (χ1n) is 1.79. The van der Waals surface area contributed by atoms with Crippen molar-refractivity contribution in [2.75, 3.05) is 14.2 Å². The second kappa shape index (κ2) is 3.16. The van der Waals surface area contributed by atoms with E-state index in [0.29, 0.717) is 0 Å².